The molecule has 0 spiro atoms. The Kier molecular flexibility index (Phi) is 6.46. The zero-order valence-corrected chi connectivity index (χ0v) is 15.4. The van der Waals surface area contributed by atoms with E-state index < -0.39 is 0 Å². The Hall–Kier alpha value is -3.28. The number of amides is 1. The zero-order valence-electron chi connectivity index (χ0n) is 15.4. The van der Waals surface area contributed by atoms with Gasteiger partial charge < -0.3 is 10.6 Å². The van der Waals surface area contributed by atoms with Crippen molar-refractivity contribution in [3.63, 3.8) is 0 Å². The monoisotopic (exact) mass is 361 g/mol. The summed E-state index contributed by atoms with van der Waals surface area (Å²) in [7, 11) is 0. The minimum atomic E-state index is -0.180. The highest BCUT2D eigenvalue weighted by Gasteiger charge is 2.10. The van der Waals surface area contributed by atoms with E-state index in [4.69, 9.17) is 0 Å². The van der Waals surface area contributed by atoms with Gasteiger partial charge in [-0.25, -0.2) is 9.97 Å². The van der Waals surface area contributed by atoms with E-state index in [0.717, 1.165) is 24.1 Å². The molecule has 0 aliphatic carbocycles. The van der Waals surface area contributed by atoms with Crippen LogP contribution in [0.2, 0.25) is 0 Å². The highest BCUT2D eigenvalue weighted by molar-refractivity contribution is 5.92. The third-order valence-electron chi connectivity index (χ3n) is 4.06. The molecule has 0 aliphatic rings. The Bertz CT molecular complexity index is 868. The van der Waals surface area contributed by atoms with Gasteiger partial charge in [-0.15, -0.1) is 0 Å². The van der Waals surface area contributed by atoms with Gasteiger partial charge in [-0.2, -0.15) is 0 Å². The Labute approximate surface area is 159 Å². The number of hydrogen-bond donors (Lipinski definition) is 2. The van der Waals surface area contributed by atoms with Crippen molar-refractivity contribution in [3.8, 4) is 0 Å². The Morgan fingerprint density at radius 2 is 1.78 bits per heavy atom. The summed E-state index contributed by atoms with van der Waals surface area (Å²) in [4.78, 5) is 25.1. The Morgan fingerprint density at radius 3 is 2.56 bits per heavy atom. The van der Waals surface area contributed by atoms with Gasteiger partial charge in [0, 0.05) is 31.2 Å². The van der Waals surface area contributed by atoms with E-state index >= 15 is 0 Å². The van der Waals surface area contributed by atoms with Crippen LogP contribution in [0.5, 0.6) is 0 Å². The van der Waals surface area contributed by atoms with Crippen LogP contribution >= 0.6 is 0 Å². The highest BCUT2D eigenvalue weighted by Crippen LogP contribution is 2.08. The Morgan fingerprint density at radius 1 is 1.00 bits per heavy atom. The summed E-state index contributed by atoms with van der Waals surface area (Å²) in [5.41, 5.74) is 3.46. The summed E-state index contributed by atoms with van der Waals surface area (Å²) in [6.07, 6.45) is 5.29. The number of aromatic nitrogens is 3. The molecule has 3 rings (SSSR count). The SMILES string of the molecule is Cc1cc(C(=O)NCCCc2ccccc2)nc(NCc2ccncc2)n1. The molecule has 0 unspecified atom stereocenters. The summed E-state index contributed by atoms with van der Waals surface area (Å²) in [6.45, 7) is 3.03. The fourth-order valence-electron chi connectivity index (χ4n) is 2.68. The molecule has 2 heterocycles. The number of anilines is 1. The molecule has 0 atom stereocenters. The van der Waals surface area contributed by atoms with Crippen molar-refractivity contribution in [1.82, 2.24) is 20.3 Å². The highest BCUT2D eigenvalue weighted by atomic mass is 16.1. The summed E-state index contributed by atoms with van der Waals surface area (Å²) >= 11 is 0. The second kappa shape index (κ2) is 9.43. The van der Waals surface area contributed by atoms with E-state index in [-0.39, 0.29) is 5.91 Å². The minimum Gasteiger partial charge on any atom is -0.351 e. The first kappa shape index (κ1) is 18.5. The predicted octanol–water partition coefficient (Wildman–Crippen LogP) is 3.15. The van der Waals surface area contributed by atoms with Crippen molar-refractivity contribution < 1.29 is 4.79 Å². The van der Waals surface area contributed by atoms with Crippen molar-refractivity contribution in [2.45, 2.75) is 26.3 Å². The topological polar surface area (TPSA) is 79.8 Å². The third kappa shape index (κ3) is 5.88. The van der Waals surface area contributed by atoms with E-state index in [0.29, 0.717) is 24.7 Å². The smallest absolute Gasteiger partial charge is 0.270 e. The lowest BCUT2D eigenvalue weighted by Gasteiger charge is -2.09. The number of hydrogen-bond acceptors (Lipinski definition) is 5. The van der Waals surface area contributed by atoms with Crippen molar-refractivity contribution in [1.29, 1.82) is 0 Å². The van der Waals surface area contributed by atoms with E-state index in [1.807, 2.05) is 37.3 Å². The molecule has 1 aromatic carbocycles. The van der Waals surface area contributed by atoms with Gasteiger partial charge in [0.25, 0.3) is 5.91 Å². The van der Waals surface area contributed by atoms with Crippen LogP contribution in [0.15, 0.2) is 60.9 Å². The number of pyridine rings is 1. The number of nitrogens with zero attached hydrogens (tertiary/aromatic N) is 3. The standard InChI is InChI=1S/C21H23N5O/c1-16-14-19(20(27)23-11-5-8-17-6-3-2-4-7-17)26-21(25-16)24-15-18-9-12-22-13-10-18/h2-4,6-7,9-10,12-14H,5,8,11,15H2,1H3,(H,23,27)(H,24,25,26). The molecule has 0 aliphatic heterocycles. The molecular weight excluding hydrogens is 338 g/mol. The number of carbonyl (C=O) groups excluding carboxylic acids is 1. The quantitative estimate of drug-likeness (QED) is 0.603. The fourth-order valence-corrected chi connectivity index (χ4v) is 2.68. The summed E-state index contributed by atoms with van der Waals surface area (Å²) < 4.78 is 0. The molecule has 0 saturated carbocycles. The maximum absolute atomic E-state index is 12.4. The average molecular weight is 361 g/mol. The van der Waals surface area contributed by atoms with Crippen molar-refractivity contribution in [2.24, 2.45) is 0 Å². The van der Waals surface area contributed by atoms with Crippen molar-refractivity contribution in [3.05, 3.63) is 83.4 Å². The van der Waals surface area contributed by atoms with Crippen LogP contribution in [0, 0.1) is 6.92 Å². The lowest BCUT2D eigenvalue weighted by atomic mass is 10.1. The number of benzene rings is 1. The summed E-state index contributed by atoms with van der Waals surface area (Å²) in [5.74, 6) is 0.266. The van der Waals surface area contributed by atoms with E-state index in [1.165, 1.54) is 5.56 Å². The van der Waals surface area contributed by atoms with Gasteiger partial charge in [-0.3, -0.25) is 9.78 Å². The summed E-state index contributed by atoms with van der Waals surface area (Å²) in [6, 6.07) is 15.8. The fraction of sp³-hybridized carbons (Fsp3) is 0.238. The molecule has 6 nitrogen and oxygen atoms in total. The van der Waals surface area contributed by atoms with Crippen LogP contribution in [0.4, 0.5) is 5.95 Å². The summed E-state index contributed by atoms with van der Waals surface area (Å²) in [5, 5.41) is 6.09. The van der Waals surface area contributed by atoms with Crippen molar-refractivity contribution in [2.75, 3.05) is 11.9 Å². The normalized spacial score (nSPS) is 10.4. The van der Waals surface area contributed by atoms with Crippen LogP contribution in [0.3, 0.4) is 0 Å². The van der Waals surface area contributed by atoms with Crippen LogP contribution in [0.1, 0.15) is 33.7 Å². The van der Waals surface area contributed by atoms with Crippen LogP contribution in [0.25, 0.3) is 0 Å². The molecule has 2 N–H and O–H groups in total. The molecule has 0 fully saturated rings. The van der Waals surface area contributed by atoms with Gasteiger partial charge in [0.2, 0.25) is 5.95 Å². The molecular formula is C21H23N5O. The first-order valence-corrected chi connectivity index (χ1v) is 9.01. The molecule has 0 radical (unpaired) electrons. The zero-order chi connectivity index (χ0) is 18.9. The second-order valence-corrected chi connectivity index (χ2v) is 6.27. The van der Waals surface area contributed by atoms with E-state index in [1.54, 1.807) is 18.5 Å². The molecule has 3 aromatic rings. The lowest BCUT2D eigenvalue weighted by Crippen LogP contribution is -2.26. The van der Waals surface area contributed by atoms with E-state index in [9.17, 15) is 4.79 Å². The molecule has 0 bridgehead atoms. The van der Waals surface area contributed by atoms with Crippen molar-refractivity contribution >= 4 is 11.9 Å². The maximum atomic E-state index is 12.4. The van der Waals surface area contributed by atoms with Gasteiger partial charge in [0.1, 0.15) is 5.69 Å². The van der Waals surface area contributed by atoms with Crippen LogP contribution in [-0.4, -0.2) is 27.4 Å². The van der Waals surface area contributed by atoms with E-state index in [2.05, 4.69) is 37.7 Å². The number of aryl methyl sites for hydroxylation is 2. The van der Waals surface area contributed by atoms with Gasteiger partial charge in [0.15, 0.2) is 0 Å². The lowest BCUT2D eigenvalue weighted by molar-refractivity contribution is 0.0948. The molecule has 1 amide bonds. The first-order chi connectivity index (χ1) is 13.2. The maximum Gasteiger partial charge on any atom is 0.270 e. The molecule has 27 heavy (non-hydrogen) atoms. The second-order valence-electron chi connectivity index (χ2n) is 6.27. The number of rotatable bonds is 8. The largest absolute Gasteiger partial charge is 0.351 e. The molecule has 2 aromatic heterocycles. The first-order valence-electron chi connectivity index (χ1n) is 9.01. The van der Waals surface area contributed by atoms with Gasteiger partial charge >= 0.3 is 0 Å². The molecule has 0 saturated heterocycles. The minimum absolute atomic E-state index is 0.180. The average Bonchev–Trinajstić information content (AvgIpc) is 2.71. The van der Waals surface area contributed by atoms with Gasteiger partial charge in [-0.1, -0.05) is 30.3 Å². The Balaban J connectivity index is 1.52. The van der Waals surface area contributed by atoms with Gasteiger partial charge in [0.05, 0.1) is 0 Å². The van der Waals surface area contributed by atoms with Crippen LogP contribution in [-0.2, 0) is 13.0 Å². The van der Waals surface area contributed by atoms with Crippen LogP contribution < -0.4 is 10.6 Å². The van der Waals surface area contributed by atoms with Gasteiger partial charge in [-0.05, 0) is 49.1 Å². The number of carbonyl (C=O) groups is 1. The molecule has 138 valence electrons. The predicted molar refractivity (Wildman–Crippen MR) is 105 cm³/mol. The molecule has 6 heteroatoms. The number of nitrogens with one attached hydrogen (secondary N) is 2. The third-order valence-corrected chi connectivity index (χ3v) is 4.06.